The molecule has 0 radical (unpaired) electrons. The highest BCUT2D eigenvalue weighted by Crippen LogP contribution is 2.27. The number of carbonyl (C=O) groups is 1. The van der Waals surface area contributed by atoms with Gasteiger partial charge in [0.2, 0.25) is 5.91 Å². The first-order valence-electron chi connectivity index (χ1n) is 9.23. The van der Waals surface area contributed by atoms with Crippen LogP contribution in [0.25, 0.3) is 0 Å². The Balaban J connectivity index is 1.41. The molecule has 3 heteroatoms. The molecule has 0 bridgehead atoms. The summed E-state index contributed by atoms with van der Waals surface area (Å²) >= 11 is 0. The third kappa shape index (κ3) is 7.30. The van der Waals surface area contributed by atoms with Gasteiger partial charge in [0.1, 0.15) is 0 Å². The summed E-state index contributed by atoms with van der Waals surface area (Å²) in [6.07, 6.45) is 16.5. The highest BCUT2D eigenvalue weighted by Gasteiger charge is 2.15. The average molecular weight is 295 g/mol. The number of rotatable bonds is 8. The van der Waals surface area contributed by atoms with Crippen LogP contribution in [0.2, 0.25) is 0 Å². The van der Waals surface area contributed by atoms with Crippen molar-refractivity contribution in [3.8, 4) is 0 Å². The van der Waals surface area contributed by atoms with E-state index in [9.17, 15) is 4.79 Å². The number of hydrogen-bond acceptors (Lipinski definition) is 2. The van der Waals surface area contributed by atoms with Crippen LogP contribution in [-0.2, 0) is 9.53 Å². The summed E-state index contributed by atoms with van der Waals surface area (Å²) in [4.78, 5) is 11.8. The molecule has 1 amide bonds. The highest BCUT2D eigenvalue weighted by molar-refractivity contribution is 5.75. The van der Waals surface area contributed by atoms with Crippen LogP contribution in [0.15, 0.2) is 0 Å². The van der Waals surface area contributed by atoms with Gasteiger partial charge in [0.05, 0.1) is 6.10 Å². The maximum absolute atomic E-state index is 11.8. The fraction of sp³-hybridized carbons (Fsp3) is 0.944. The molecule has 2 aliphatic rings. The van der Waals surface area contributed by atoms with Gasteiger partial charge < -0.3 is 10.1 Å². The SMILES string of the molecule is O=C(CCC1CCCCC1)NCCCOC1CCCCC1. The van der Waals surface area contributed by atoms with Crippen LogP contribution in [0.4, 0.5) is 0 Å². The van der Waals surface area contributed by atoms with Crippen molar-refractivity contribution >= 4 is 5.91 Å². The summed E-state index contributed by atoms with van der Waals surface area (Å²) in [5.74, 6) is 1.04. The minimum Gasteiger partial charge on any atom is -0.378 e. The van der Waals surface area contributed by atoms with Crippen LogP contribution in [0.3, 0.4) is 0 Å². The van der Waals surface area contributed by atoms with Crippen molar-refractivity contribution in [2.75, 3.05) is 13.2 Å². The molecule has 0 heterocycles. The second-order valence-electron chi connectivity index (χ2n) is 6.88. The van der Waals surface area contributed by atoms with Gasteiger partial charge in [-0.2, -0.15) is 0 Å². The Morgan fingerprint density at radius 2 is 1.62 bits per heavy atom. The van der Waals surface area contributed by atoms with Crippen molar-refractivity contribution in [3.05, 3.63) is 0 Å². The molecular weight excluding hydrogens is 262 g/mol. The molecule has 2 saturated carbocycles. The van der Waals surface area contributed by atoms with E-state index in [1.807, 2.05) is 0 Å². The summed E-state index contributed by atoms with van der Waals surface area (Å²) in [6.45, 7) is 1.57. The molecule has 21 heavy (non-hydrogen) atoms. The maximum Gasteiger partial charge on any atom is 0.220 e. The fourth-order valence-electron chi connectivity index (χ4n) is 3.68. The van der Waals surface area contributed by atoms with Gasteiger partial charge >= 0.3 is 0 Å². The van der Waals surface area contributed by atoms with Crippen molar-refractivity contribution in [3.63, 3.8) is 0 Å². The maximum atomic E-state index is 11.8. The molecule has 2 aliphatic carbocycles. The first-order valence-corrected chi connectivity index (χ1v) is 9.23. The molecule has 0 aliphatic heterocycles. The van der Waals surface area contributed by atoms with Gasteiger partial charge in [0, 0.05) is 19.6 Å². The average Bonchev–Trinajstić information content (AvgIpc) is 2.54. The van der Waals surface area contributed by atoms with E-state index in [4.69, 9.17) is 4.74 Å². The van der Waals surface area contributed by atoms with Gasteiger partial charge in [-0.05, 0) is 31.6 Å². The monoisotopic (exact) mass is 295 g/mol. The topological polar surface area (TPSA) is 38.3 Å². The number of hydrogen-bond donors (Lipinski definition) is 1. The number of amides is 1. The predicted molar refractivity (Wildman–Crippen MR) is 86.3 cm³/mol. The van der Waals surface area contributed by atoms with Crippen LogP contribution in [0.5, 0.6) is 0 Å². The Hall–Kier alpha value is -0.570. The fourth-order valence-corrected chi connectivity index (χ4v) is 3.68. The van der Waals surface area contributed by atoms with Crippen molar-refractivity contribution < 1.29 is 9.53 Å². The van der Waals surface area contributed by atoms with Crippen LogP contribution >= 0.6 is 0 Å². The van der Waals surface area contributed by atoms with E-state index in [1.54, 1.807) is 0 Å². The molecule has 0 saturated heterocycles. The summed E-state index contributed by atoms with van der Waals surface area (Å²) in [6, 6.07) is 0. The summed E-state index contributed by atoms with van der Waals surface area (Å²) in [5, 5.41) is 3.04. The first kappa shape index (κ1) is 16.8. The van der Waals surface area contributed by atoms with E-state index < -0.39 is 0 Å². The van der Waals surface area contributed by atoms with Gasteiger partial charge in [0.15, 0.2) is 0 Å². The molecular formula is C18H33NO2. The van der Waals surface area contributed by atoms with Crippen molar-refractivity contribution in [1.29, 1.82) is 0 Å². The zero-order valence-electron chi connectivity index (χ0n) is 13.6. The smallest absolute Gasteiger partial charge is 0.220 e. The molecule has 0 spiro atoms. The Kier molecular flexibility index (Phi) is 8.16. The molecule has 1 N–H and O–H groups in total. The van der Waals surface area contributed by atoms with Crippen molar-refractivity contribution in [2.45, 2.75) is 89.6 Å². The van der Waals surface area contributed by atoms with Gasteiger partial charge in [-0.3, -0.25) is 4.79 Å². The molecule has 2 rings (SSSR count). The van der Waals surface area contributed by atoms with Crippen LogP contribution < -0.4 is 5.32 Å². The lowest BCUT2D eigenvalue weighted by molar-refractivity contribution is -0.121. The first-order chi connectivity index (χ1) is 10.3. The molecule has 0 aromatic rings. The molecule has 3 nitrogen and oxygen atoms in total. The molecule has 0 atom stereocenters. The normalized spacial score (nSPS) is 21.3. The van der Waals surface area contributed by atoms with E-state index in [0.717, 1.165) is 31.9 Å². The zero-order valence-corrected chi connectivity index (χ0v) is 13.6. The van der Waals surface area contributed by atoms with Gasteiger partial charge in [-0.1, -0.05) is 51.4 Å². The quantitative estimate of drug-likeness (QED) is 0.681. The Morgan fingerprint density at radius 3 is 2.33 bits per heavy atom. The minimum atomic E-state index is 0.234. The van der Waals surface area contributed by atoms with Crippen molar-refractivity contribution in [1.82, 2.24) is 5.32 Å². The van der Waals surface area contributed by atoms with E-state index >= 15 is 0 Å². The lowest BCUT2D eigenvalue weighted by Crippen LogP contribution is -2.26. The molecule has 0 aromatic heterocycles. The summed E-state index contributed by atoms with van der Waals surface area (Å²) in [5.41, 5.74) is 0. The van der Waals surface area contributed by atoms with Crippen LogP contribution in [-0.4, -0.2) is 25.2 Å². The number of ether oxygens (including phenoxy) is 1. The molecule has 0 aromatic carbocycles. The second-order valence-corrected chi connectivity index (χ2v) is 6.88. The van der Waals surface area contributed by atoms with E-state index in [-0.39, 0.29) is 5.91 Å². The Bertz CT molecular complexity index is 281. The van der Waals surface area contributed by atoms with E-state index in [1.165, 1.54) is 64.2 Å². The van der Waals surface area contributed by atoms with E-state index in [2.05, 4.69) is 5.32 Å². The highest BCUT2D eigenvalue weighted by atomic mass is 16.5. The Morgan fingerprint density at radius 1 is 0.952 bits per heavy atom. The van der Waals surface area contributed by atoms with Gasteiger partial charge in [0.25, 0.3) is 0 Å². The molecule has 122 valence electrons. The molecule has 0 unspecified atom stereocenters. The third-order valence-corrected chi connectivity index (χ3v) is 5.05. The standard InChI is InChI=1S/C18H33NO2/c20-18(13-12-16-8-3-1-4-9-16)19-14-7-15-21-17-10-5-2-6-11-17/h16-17H,1-15H2,(H,19,20). The van der Waals surface area contributed by atoms with Crippen LogP contribution in [0, 0.1) is 5.92 Å². The summed E-state index contributed by atoms with van der Waals surface area (Å²) in [7, 11) is 0. The largest absolute Gasteiger partial charge is 0.378 e. The lowest BCUT2D eigenvalue weighted by atomic mass is 9.86. The molecule has 2 fully saturated rings. The van der Waals surface area contributed by atoms with E-state index in [0.29, 0.717) is 12.5 Å². The number of nitrogens with one attached hydrogen (secondary N) is 1. The van der Waals surface area contributed by atoms with Crippen molar-refractivity contribution in [2.24, 2.45) is 5.92 Å². The number of carbonyl (C=O) groups excluding carboxylic acids is 1. The summed E-state index contributed by atoms with van der Waals surface area (Å²) < 4.78 is 5.87. The minimum absolute atomic E-state index is 0.234. The predicted octanol–water partition coefficient (Wildman–Crippen LogP) is 4.20. The Labute approximate surface area is 130 Å². The van der Waals surface area contributed by atoms with Crippen LogP contribution in [0.1, 0.15) is 83.5 Å². The lowest BCUT2D eigenvalue weighted by Gasteiger charge is -2.22. The third-order valence-electron chi connectivity index (χ3n) is 5.05. The van der Waals surface area contributed by atoms with Gasteiger partial charge in [-0.15, -0.1) is 0 Å². The zero-order chi connectivity index (χ0) is 14.8. The van der Waals surface area contributed by atoms with Gasteiger partial charge in [-0.25, -0.2) is 0 Å². The second kappa shape index (κ2) is 10.2.